The van der Waals surface area contributed by atoms with Crippen molar-refractivity contribution in [2.24, 2.45) is 0 Å². The Bertz CT molecular complexity index is 1230. The number of nitrogens with zero attached hydrogens (tertiary/aromatic N) is 2. The lowest BCUT2D eigenvalue weighted by atomic mass is 10.2. The summed E-state index contributed by atoms with van der Waals surface area (Å²) in [6.45, 7) is 0. The maximum atomic E-state index is 13.2. The lowest BCUT2D eigenvalue weighted by molar-refractivity contribution is 0.627. The van der Waals surface area contributed by atoms with Crippen LogP contribution in [0.25, 0.3) is 16.6 Å². The van der Waals surface area contributed by atoms with Gasteiger partial charge >= 0.3 is 0 Å². The standard InChI is InChI=1S/C21H13Cl2FN2OS/c22-14-7-10-17(23)19(11-14)26-20(27)16-3-1-2-4-18(16)25-21(26)28-12-13-5-8-15(24)9-6-13/h1-11H,12H2. The number of thioether (sulfide) groups is 1. The van der Waals surface area contributed by atoms with E-state index in [1.165, 1.54) is 28.5 Å². The van der Waals surface area contributed by atoms with E-state index in [-0.39, 0.29) is 11.4 Å². The predicted octanol–water partition coefficient (Wildman–Crippen LogP) is 6.12. The van der Waals surface area contributed by atoms with Gasteiger partial charge < -0.3 is 0 Å². The van der Waals surface area contributed by atoms with Gasteiger partial charge in [0.2, 0.25) is 0 Å². The van der Waals surface area contributed by atoms with Crippen molar-refractivity contribution < 1.29 is 4.39 Å². The first-order chi connectivity index (χ1) is 13.5. The first-order valence-corrected chi connectivity index (χ1v) is 10.1. The Balaban J connectivity index is 1.87. The summed E-state index contributed by atoms with van der Waals surface area (Å²) in [7, 11) is 0. The highest BCUT2D eigenvalue weighted by molar-refractivity contribution is 7.98. The second-order valence-corrected chi connectivity index (χ2v) is 7.85. The zero-order valence-corrected chi connectivity index (χ0v) is 16.7. The van der Waals surface area contributed by atoms with Gasteiger partial charge in [0.25, 0.3) is 5.56 Å². The normalized spacial score (nSPS) is 11.1. The zero-order valence-electron chi connectivity index (χ0n) is 14.4. The summed E-state index contributed by atoms with van der Waals surface area (Å²) in [6, 6.07) is 18.3. The van der Waals surface area contributed by atoms with Crippen molar-refractivity contribution in [3.8, 4) is 5.69 Å². The van der Waals surface area contributed by atoms with Crippen molar-refractivity contribution in [1.29, 1.82) is 0 Å². The first kappa shape index (κ1) is 19.0. The van der Waals surface area contributed by atoms with E-state index in [1.54, 1.807) is 48.5 Å². The molecular weight excluding hydrogens is 418 g/mol. The third-order valence-electron chi connectivity index (χ3n) is 4.18. The van der Waals surface area contributed by atoms with Gasteiger partial charge in [0.15, 0.2) is 5.16 Å². The number of rotatable bonds is 4. The highest BCUT2D eigenvalue weighted by Crippen LogP contribution is 2.29. The second kappa shape index (κ2) is 7.95. The fraction of sp³-hybridized carbons (Fsp3) is 0.0476. The summed E-state index contributed by atoms with van der Waals surface area (Å²) >= 11 is 13.9. The van der Waals surface area contributed by atoms with E-state index < -0.39 is 0 Å². The molecule has 0 amide bonds. The fourth-order valence-corrected chi connectivity index (χ4v) is 4.14. The van der Waals surface area contributed by atoms with E-state index in [0.29, 0.717) is 37.5 Å². The quantitative estimate of drug-likeness (QED) is 0.288. The van der Waals surface area contributed by atoms with Crippen LogP contribution in [0.2, 0.25) is 10.0 Å². The number of benzene rings is 3. The Morgan fingerprint density at radius 2 is 1.75 bits per heavy atom. The summed E-state index contributed by atoms with van der Waals surface area (Å²) in [4.78, 5) is 17.9. The SMILES string of the molecule is O=c1c2ccccc2nc(SCc2ccc(F)cc2)n1-c1cc(Cl)ccc1Cl. The molecule has 0 saturated carbocycles. The predicted molar refractivity (Wildman–Crippen MR) is 113 cm³/mol. The van der Waals surface area contributed by atoms with Crippen LogP contribution in [0.3, 0.4) is 0 Å². The largest absolute Gasteiger partial charge is 0.268 e. The molecule has 0 aliphatic rings. The minimum absolute atomic E-state index is 0.226. The number of hydrogen-bond acceptors (Lipinski definition) is 3. The topological polar surface area (TPSA) is 34.9 Å². The van der Waals surface area contributed by atoms with Crippen LogP contribution < -0.4 is 5.56 Å². The Morgan fingerprint density at radius 3 is 2.54 bits per heavy atom. The van der Waals surface area contributed by atoms with E-state index >= 15 is 0 Å². The Kier molecular flexibility index (Phi) is 5.40. The zero-order chi connectivity index (χ0) is 19.7. The van der Waals surface area contributed by atoms with Crippen molar-refractivity contribution >= 4 is 45.9 Å². The van der Waals surface area contributed by atoms with Crippen LogP contribution >= 0.6 is 35.0 Å². The minimum Gasteiger partial charge on any atom is -0.268 e. The molecule has 0 aliphatic heterocycles. The maximum Gasteiger partial charge on any atom is 0.266 e. The molecule has 1 aromatic heterocycles. The molecule has 0 bridgehead atoms. The molecule has 3 nitrogen and oxygen atoms in total. The van der Waals surface area contributed by atoms with Crippen molar-refractivity contribution in [2.75, 3.05) is 0 Å². The van der Waals surface area contributed by atoms with E-state index in [0.717, 1.165) is 5.56 Å². The van der Waals surface area contributed by atoms with Gasteiger partial charge in [-0.05, 0) is 48.0 Å². The smallest absolute Gasteiger partial charge is 0.266 e. The van der Waals surface area contributed by atoms with Crippen LogP contribution in [0.4, 0.5) is 4.39 Å². The van der Waals surface area contributed by atoms with Crippen LogP contribution in [0, 0.1) is 5.82 Å². The molecule has 4 rings (SSSR count). The molecule has 0 fully saturated rings. The van der Waals surface area contributed by atoms with Gasteiger partial charge in [-0.15, -0.1) is 0 Å². The van der Waals surface area contributed by atoms with Gasteiger partial charge in [0, 0.05) is 10.8 Å². The molecule has 0 N–H and O–H groups in total. The van der Waals surface area contributed by atoms with Crippen molar-refractivity contribution in [3.05, 3.63) is 98.5 Å². The molecule has 140 valence electrons. The Morgan fingerprint density at radius 1 is 1.00 bits per heavy atom. The second-order valence-electron chi connectivity index (χ2n) is 6.06. The Labute approximate surface area is 174 Å². The minimum atomic E-state index is -0.291. The van der Waals surface area contributed by atoms with Gasteiger partial charge in [-0.1, -0.05) is 59.2 Å². The van der Waals surface area contributed by atoms with Gasteiger partial charge in [-0.2, -0.15) is 0 Å². The van der Waals surface area contributed by atoms with Crippen LogP contribution in [-0.2, 0) is 5.75 Å². The summed E-state index contributed by atoms with van der Waals surface area (Å²) in [6.07, 6.45) is 0. The van der Waals surface area contributed by atoms with E-state index in [1.807, 2.05) is 6.07 Å². The van der Waals surface area contributed by atoms with Gasteiger partial charge in [-0.3, -0.25) is 9.36 Å². The monoisotopic (exact) mass is 430 g/mol. The van der Waals surface area contributed by atoms with Crippen LogP contribution in [0.1, 0.15) is 5.56 Å². The van der Waals surface area contributed by atoms with Crippen molar-refractivity contribution in [3.63, 3.8) is 0 Å². The van der Waals surface area contributed by atoms with E-state index in [9.17, 15) is 9.18 Å². The summed E-state index contributed by atoms with van der Waals surface area (Å²) < 4.78 is 14.6. The third-order valence-corrected chi connectivity index (χ3v) is 5.74. The summed E-state index contributed by atoms with van der Waals surface area (Å²) in [5.74, 6) is 0.226. The molecule has 28 heavy (non-hydrogen) atoms. The molecule has 0 aliphatic carbocycles. The summed E-state index contributed by atoms with van der Waals surface area (Å²) in [5, 5.41) is 1.84. The number of hydrogen-bond donors (Lipinski definition) is 0. The average molecular weight is 431 g/mol. The molecule has 0 spiro atoms. The van der Waals surface area contributed by atoms with Crippen molar-refractivity contribution in [1.82, 2.24) is 9.55 Å². The maximum absolute atomic E-state index is 13.2. The third kappa shape index (κ3) is 3.78. The fourth-order valence-electron chi connectivity index (χ4n) is 2.81. The first-order valence-electron chi connectivity index (χ1n) is 8.37. The molecule has 0 radical (unpaired) electrons. The number of aromatic nitrogens is 2. The molecule has 0 unspecified atom stereocenters. The Hall–Kier alpha value is -2.34. The van der Waals surface area contributed by atoms with Gasteiger partial charge in [0.1, 0.15) is 5.82 Å². The van der Waals surface area contributed by atoms with Crippen molar-refractivity contribution in [2.45, 2.75) is 10.9 Å². The summed E-state index contributed by atoms with van der Waals surface area (Å²) in [5.41, 5.74) is 1.76. The number of fused-ring (bicyclic) bond motifs is 1. The van der Waals surface area contributed by atoms with E-state index in [4.69, 9.17) is 23.2 Å². The molecule has 0 saturated heterocycles. The van der Waals surface area contributed by atoms with Gasteiger partial charge in [-0.25, -0.2) is 9.37 Å². The molecule has 1 heterocycles. The number of para-hydroxylation sites is 1. The van der Waals surface area contributed by atoms with Crippen LogP contribution in [0.15, 0.2) is 76.7 Å². The molecular formula is C21H13Cl2FN2OS. The highest BCUT2D eigenvalue weighted by Gasteiger charge is 2.16. The van der Waals surface area contributed by atoms with E-state index in [2.05, 4.69) is 4.98 Å². The molecule has 0 atom stereocenters. The average Bonchev–Trinajstić information content (AvgIpc) is 2.70. The lowest BCUT2D eigenvalue weighted by Crippen LogP contribution is -2.22. The molecule has 7 heteroatoms. The lowest BCUT2D eigenvalue weighted by Gasteiger charge is -2.14. The highest BCUT2D eigenvalue weighted by atomic mass is 35.5. The molecule has 4 aromatic rings. The molecule has 3 aromatic carbocycles. The van der Waals surface area contributed by atoms with Crippen LogP contribution in [-0.4, -0.2) is 9.55 Å². The van der Waals surface area contributed by atoms with Gasteiger partial charge in [0.05, 0.1) is 21.6 Å². The van der Waals surface area contributed by atoms with Crippen LogP contribution in [0.5, 0.6) is 0 Å². The number of halogens is 3.